The van der Waals surface area contributed by atoms with E-state index >= 15 is 0 Å². The molecule has 2 fully saturated rings. The van der Waals surface area contributed by atoms with E-state index in [4.69, 9.17) is 0 Å². The Labute approximate surface area is 141 Å². The third kappa shape index (κ3) is 2.77. The van der Waals surface area contributed by atoms with Gasteiger partial charge in [0.05, 0.1) is 0 Å². The van der Waals surface area contributed by atoms with Crippen LogP contribution in [0.3, 0.4) is 0 Å². The van der Waals surface area contributed by atoms with E-state index in [2.05, 4.69) is 5.32 Å². The minimum Gasteiger partial charge on any atom is -0.326 e. The zero-order chi connectivity index (χ0) is 17.3. The number of piperidine rings is 1. The second-order valence-electron chi connectivity index (χ2n) is 6.50. The molecule has 1 aromatic carbocycles. The Hall–Kier alpha value is -2.37. The van der Waals surface area contributed by atoms with Gasteiger partial charge in [0, 0.05) is 12.2 Å². The molecule has 0 bridgehead atoms. The predicted octanol–water partition coefficient (Wildman–Crippen LogP) is 2.15. The van der Waals surface area contributed by atoms with Gasteiger partial charge in [0.1, 0.15) is 12.1 Å². The first-order valence-corrected chi connectivity index (χ1v) is 8.54. The molecule has 1 unspecified atom stereocenters. The van der Waals surface area contributed by atoms with Crippen molar-refractivity contribution in [2.24, 2.45) is 5.92 Å². The lowest BCUT2D eigenvalue weighted by Crippen LogP contribution is -2.55. The van der Waals surface area contributed by atoms with Crippen LogP contribution in [0.15, 0.2) is 30.3 Å². The van der Waals surface area contributed by atoms with Crippen molar-refractivity contribution in [1.82, 2.24) is 10.2 Å². The van der Waals surface area contributed by atoms with Gasteiger partial charge in [0.15, 0.2) is 0 Å². The number of nitrogens with one attached hydrogen (secondary N) is 1. The zero-order valence-corrected chi connectivity index (χ0v) is 14.1. The third-order valence-corrected chi connectivity index (χ3v) is 5.00. The first-order chi connectivity index (χ1) is 11.5. The molecule has 0 radical (unpaired) electrons. The molecular formula is C18H23N3O3. The molecule has 3 atom stereocenters. The normalized spacial score (nSPS) is 25.8. The number of imide groups is 1. The molecule has 2 aliphatic rings. The van der Waals surface area contributed by atoms with Crippen LogP contribution >= 0.6 is 0 Å². The number of nitrogens with zero attached hydrogens (tertiary/aromatic N) is 2. The second-order valence-corrected chi connectivity index (χ2v) is 6.50. The van der Waals surface area contributed by atoms with E-state index in [1.165, 1.54) is 0 Å². The van der Waals surface area contributed by atoms with Crippen LogP contribution in [0, 0.1) is 5.92 Å². The van der Waals surface area contributed by atoms with Crippen LogP contribution in [-0.4, -0.2) is 41.4 Å². The zero-order valence-electron chi connectivity index (χ0n) is 14.1. The van der Waals surface area contributed by atoms with Gasteiger partial charge < -0.3 is 10.2 Å². The predicted molar refractivity (Wildman–Crippen MR) is 90.4 cm³/mol. The van der Waals surface area contributed by atoms with Crippen LogP contribution in [-0.2, 0) is 9.59 Å². The summed E-state index contributed by atoms with van der Waals surface area (Å²) >= 11 is 0. The lowest BCUT2D eigenvalue weighted by molar-refractivity contribution is -0.136. The number of carbonyl (C=O) groups is 3. The van der Waals surface area contributed by atoms with Gasteiger partial charge in [-0.1, -0.05) is 38.5 Å². The van der Waals surface area contributed by atoms with Crippen molar-refractivity contribution in [3.63, 3.8) is 0 Å². The molecule has 0 saturated carbocycles. The maximum absolute atomic E-state index is 12.9. The maximum Gasteiger partial charge on any atom is 0.325 e. The fourth-order valence-electron chi connectivity index (χ4n) is 3.39. The second kappa shape index (κ2) is 6.63. The molecule has 3 rings (SSSR count). The van der Waals surface area contributed by atoms with Gasteiger partial charge in [0.25, 0.3) is 5.91 Å². The van der Waals surface area contributed by atoms with Gasteiger partial charge in [-0.25, -0.2) is 9.69 Å². The molecule has 1 aromatic rings. The maximum atomic E-state index is 12.9. The van der Waals surface area contributed by atoms with Gasteiger partial charge in [-0.15, -0.1) is 0 Å². The summed E-state index contributed by atoms with van der Waals surface area (Å²) in [6.07, 6.45) is 2.07. The van der Waals surface area contributed by atoms with E-state index in [1.54, 1.807) is 4.90 Å². The number of urea groups is 1. The molecule has 2 aliphatic heterocycles. The van der Waals surface area contributed by atoms with Crippen molar-refractivity contribution in [2.75, 3.05) is 11.4 Å². The number of rotatable bonds is 4. The molecule has 4 amide bonds. The summed E-state index contributed by atoms with van der Waals surface area (Å²) in [7, 11) is 0. The lowest BCUT2D eigenvalue weighted by atomic mass is 9.98. The van der Waals surface area contributed by atoms with Crippen molar-refractivity contribution >= 4 is 23.5 Å². The summed E-state index contributed by atoms with van der Waals surface area (Å²) in [5.41, 5.74) is 0.803. The topological polar surface area (TPSA) is 69.7 Å². The molecule has 2 heterocycles. The van der Waals surface area contributed by atoms with Crippen molar-refractivity contribution < 1.29 is 14.4 Å². The summed E-state index contributed by atoms with van der Waals surface area (Å²) in [4.78, 5) is 40.7. The van der Waals surface area contributed by atoms with Gasteiger partial charge in [0.2, 0.25) is 5.91 Å². The van der Waals surface area contributed by atoms with Crippen LogP contribution in [0.4, 0.5) is 10.5 Å². The lowest BCUT2D eigenvalue weighted by Gasteiger charge is -2.35. The Morgan fingerprint density at radius 1 is 1.17 bits per heavy atom. The van der Waals surface area contributed by atoms with Gasteiger partial charge in [-0.05, 0) is 30.9 Å². The highest BCUT2D eigenvalue weighted by Crippen LogP contribution is 2.27. The summed E-state index contributed by atoms with van der Waals surface area (Å²) in [6.45, 7) is 4.53. The highest BCUT2D eigenvalue weighted by Gasteiger charge is 2.47. The SMILES string of the molecule is CC[C@H](C)[C@@H]1NC(=O)N(C2CCCN(c3ccccc3)C2=O)C1=O. The van der Waals surface area contributed by atoms with E-state index in [9.17, 15) is 14.4 Å². The van der Waals surface area contributed by atoms with Crippen LogP contribution in [0.1, 0.15) is 33.1 Å². The van der Waals surface area contributed by atoms with Crippen molar-refractivity contribution in [3.8, 4) is 0 Å². The molecule has 24 heavy (non-hydrogen) atoms. The Morgan fingerprint density at radius 3 is 2.54 bits per heavy atom. The summed E-state index contributed by atoms with van der Waals surface area (Å²) in [6, 6.07) is 7.70. The first-order valence-electron chi connectivity index (χ1n) is 8.54. The van der Waals surface area contributed by atoms with E-state index in [-0.39, 0.29) is 17.7 Å². The van der Waals surface area contributed by atoms with E-state index < -0.39 is 18.1 Å². The van der Waals surface area contributed by atoms with E-state index in [0.717, 1.165) is 23.4 Å². The van der Waals surface area contributed by atoms with Gasteiger partial charge >= 0.3 is 6.03 Å². The number of hydrogen-bond donors (Lipinski definition) is 1. The number of para-hydroxylation sites is 1. The minimum atomic E-state index is -0.708. The van der Waals surface area contributed by atoms with Crippen LogP contribution < -0.4 is 10.2 Å². The largest absolute Gasteiger partial charge is 0.326 e. The molecule has 6 heteroatoms. The summed E-state index contributed by atoms with van der Waals surface area (Å²) in [5.74, 6) is -0.404. The number of anilines is 1. The molecule has 2 saturated heterocycles. The average molecular weight is 329 g/mol. The van der Waals surface area contributed by atoms with E-state index in [0.29, 0.717) is 13.0 Å². The van der Waals surface area contributed by atoms with E-state index in [1.807, 2.05) is 44.2 Å². The molecule has 1 N–H and O–H groups in total. The Balaban J connectivity index is 1.82. The molecule has 128 valence electrons. The Morgan fingerprint density at radius 2 is 1.88 bits per heavy atom. The molecular weight excluding hydrogens is 306 g/mol. The first kappa shape index (κ1) is 16.5. The third-order valence-electron chi connectivity index (χ3n) is 5.00. The molecule has 0 spiro atoms. The van der Waals surface area contributed by atoms with Crippen molar-refractivity contribution in [1.29, 1.82) is 0 Å². The quantitative estimate of drug-likeness (QED) is 0.861. The molecule has 6 nitrogen and oxygen atoms in total. The van der Waals surface area contributed by atoms with Crippen LogP contribution in [0.5, 0.6) is 0 Å². The van der Waals surface area contributed by atoms with Gasteiger partial charge in [-0.2, -0.15) is 0 Å². The van der Waals surface area contributed by atoms with Crippen LogP contribution in [0.2, 0.25) is 0 Å². The fourth-order valence-corrected chi connectivity index (χ4v) is 3.39. The standard InChI is InChI=1S/C18H23N3O3/c1-3-12(2)15-17(23)21(18(24)19-15)14-10-7-11-20(16(14)22)13-8-5-4-6-9-13/h4-6,8-9,12,14-15H,3,7,10-11H2,1-2H3,(H,19,24)/t12-,14?,15-/m0/s1. The minimum absolute atomic E-state index is 0.0513. The highest BCUT2D eigenvalue weighted by atomic mass is 16.2. The summed E-state index contributed by atoms with van der Waals surface area (Å²) < 4.78 is 0. The Kier molecular flexibility index (Phi) is 4.55. The van der Waals surface area contributed by atoms with Crippen LogP contribution in [0.25, 0.3) is 0 Å². The van der Waals surface area contributed by atoms with Gasteiger partial charge in [-0.3, -0.25) is 9.59 Å². The number of amides is 4. The van der Waals surface area contributed by atoms with Crippen molar-refractivity contribution in [2.45, 2.75) is 45.2 Å². The smallest absolute Gasteiger partial charge is 0.325 e. The number of carbonyl (C=O) groups excluding carboxylic acids is 3. The monoisotopic (exact) mass is 329 g/mol. The highest BCUT2D eigenvalue weighted by molar-refractivity contribution is 6.10. The Bertz CT molecular complexity index is 646. The average Bonchev–Trinajstić information content (AvgIpc) is 2.90. The fraction of sp³-hybridized carbons (Fsp3) is 0.500. The number of hydrogen-bond acceptors (Lipinski definition) is 3. The molecule has 0 aromatic heterocycles. The molecule has 0 aliphatic carbocycles. The summed E-state index contributed by atoms with van der Waals surface area (Å²) in [5, 5.41) is 2.74. The van der Waals surface area contributed by atoms with Crippen molar-refractivity contribution in [3.05, 3.63) is 30.3 Å². The number of benzene rings is 1.